The molecule has 0 aromatic heterocycles. The van der Waals surface area contributed by atoms with E-state index in [0.29, 0.717) is 44.9 Å². The first kappa shape index (κ1) is 47.8. The highest BCUT2D eigenvalue weighted by atomic mass is 16.8. The van der Waals surface area contributed by atoms with Crippen LogP contribution in [0.25, 0.3) is 0 Å². The summed E-state index contributed by atoms with van der Waals surface area (Å²) >= 11 is 0. The minimum atomic E-state index is -1.72. The van der Waals surface area contributed by atoms with Gasteiger partial charge in [-0.1, -0.05) is 53.2 Å². The van der Waals surface area contributed by atoms with Crippen molar-refractivity contribution in [3.05, 3.63) is 11.6 Å². The van der Waals surface area contributed by atoms with E-state index in [-0.39, 0.29) is 53.6 Å². The van der Waals surface area contributed by atoms with Gasteiger partial charge in [0.1, 0.15) is 60.5 Å². The number of aldehydes is 1. The molecule has 22 atom stereocenters. The van der Waals surface area contributed by atoms with Crippen LogP contribution in [0.4, 0.5) is 0 Å². The van der Waals surface area contributed by atoms with Gasteiger partial charge in [-0.15, -0.1) is 0 Å². The highest BCUT2D eigenvalue weighted by molar-refractivity contribution is 5.77. The quantitative estimate of drug-likeness (QED) is 0.0893. The Bertz CT molecular complexity index is 1740. The lowest BCUT2D eigenvalue weighted by Gasteiger charge is -2.71. The lowest BCUT2D eigenvalue weighted by atomic mass is 9.33. The van der Waals surface area contributed by atoms with Crippen molar-refractivity contribution in [3.63, 3.8) is 0 Å². The minimum Gasteiger partial charge on any atom is -0.481 e. The van der Waals surface area contributed by atoms with Gasteiger partial charge >= 0.3 is 5.97 Å². The molecule has 0 aromatic carbocycles. The van der Waals surface area contributed by atoms with Crippen LogP contribution in [0.5, 0.6) is 0 Å². The highest BCUT2D eigenvalue weighted by Gasteiger charge is 2.72. The molecule has 3 aliphatic heterocycles. The van der Waals surface area contributed by atoms with Crippen LogP contribution >= 0.6 is 0 Å². The van der Waals surface area contributed by atoms with Crippen molar-refractivity contribution in [2.75, 3.05) is 19.8 Å². The molecule has 0 aromatic rings. The van der Waals surface area contributed by atoms with Crippen LogP contribution in [0.15, 0.2) is 11.6 Å². The number of fused-ring (bicyclic) bond motifs is 7. The van der Waals surface area contributed by atoms with Crippen molar-refractivity contribution in [1.29, 1.82) is 0 Å². The number of aliphatic hydroxyl groups excluding tert-OH is 8. The standard InChI is InChI=1S/C46H72O17/c1-41(2)13-14-46(40(56)57)23(16-41)22-7-8-30-42(3)11-10-32(43(4,21-48)29(42)9-12-44(30,5)45(22,6)17-31(46)53)61-39-36(63-37-25(50)15-24(49)28(18-47)60-37)35(27(52)20-59-39)62-38-34(55)33(54)26(51)19-58-38/h7,21,23-39,47,49-55H,8-20H2,1-6H3,(H,56,57)/t23?,24-,25+,26-,27-,28?,29-,30?,31+,32+,33+,34?,35+,36?,37+,38+,39+,42?,43?,44+,45-,46?/m1/s1. The summed E-state index contributed by atoms with van der Waals surface area (Å²) in [6, 6.07) is 0. The molecule has 0 amide bonds. The Kier molecular flexibility index (Phi) is 12.8. The van der Waals surface area contributed by atoms with Gasteiger partial charge < -0.3 is 79.2 Å². The van der Waals surface area contributed by atoms with Gasteiger partial charge in [0, 0.05) is 6.42 Å². The SMILES string of the molecule is CC1(C)CCC2(C(=O)O)C(C1)C1=CCC3C4(C)CC[C@H](O[C@@H]5OC[C@@H](O)[C@H](O[C@@H]6OC[C@@H](O)[C@H](O)C6O)C5O[C@@H]5OC(CO)[C@H](O)C[C@@H]5O)C(C)(C=O)[C@@H]4CC[C@]3(C)[C@]1(C)C[C@@H]2O. The monoisotopic (exact) mass is 896 g/mol. The largest absolute Gasteiger partial charge is 0.481 e. The van der Waals surface area contributed by atoms with Crippen molar-refractivity contribution in [2.45, 2.75) is 192 Å². The number of carbonyl (C=O) groups excluding carboxylic acids is 1. The molecule has 3 saturated heterocycles. The maximum absolute atomic E-state index is 13.7. The first-order valence-corrected chi connectivity index (χ1v) is 23.1. The van der Waals surface area contributed by atoms with Crippen molar-refractivity contribution in [2.24, 2.45) is 50.2 Å². The Hall–Kier alpha value is -1.68. The van der Waals surface area contributed by atoms with Crippen LogP contribution in [-0.4, -0.2) is 164 Å². The molecule has 8 aliphatic rings. The number of allylic oxidation sites excluding steroid dienone is 2. The number of rotatable bonds is 9. The summed E-state index contributed by atoms with van der Waals surface area (Å²) in [7, 11) is 0. The highest BCUT2D eigenvalue weighted by Crippen LogP contribution is 2.76. The Morgan fingerprint density at radius 3 is 2.13 bits per heavy atom. The summed E-state index contributed by atoms with van der Waals surface area (Å²) in [5, 5.41) is 96.8. The number of ether oxygens (including phenoxy) is 6. The summed E-state index contributed by atoms with van der Waals surface area (Å²) < 4.78 is 36.6. The molecule has 8 rings (SSSR count). The average molecular weight is 897 g/mol. The molecule has 17 heteroatoms. The average Bonchev–Trinajstić information content (AvgIpc) is 3.21. The fraction of sp³-hybridized carbons (Fsp3) is 0.913. The third kappa shape index (κ3) is 7.42. The Morgan fingerprint density at radius 2 is 1.44 bits per heavy atom. The maximum Gasteiger partial charge on any atom is 0.312 e. The molecular weight excluding hydrogens is 824 g/mol. The van der Waals surface area contributed by atoms with Gasteiger partial charge in [0.25, 0.3) is 0 Å². The van der Waals surface area contributed by atoms with Crippen molar-refractivity contribution in [1.82, 2.24) is 0 Å². The number of carboxylic acids is 1. The van der Waals surface area contributed by atoms with Gasteiger partial charge in [0.05, 0.1) is 43.5 Å². The number of aliphatic hydroxyl groups is 8. The Balaban J connectivity index is 1.08. The number of hydrogen-bond donors (Lipinski definition) is 9. The van der Waals surface area contributed by atoms with E-state index in [1.807, 2.05) is 6.92 Å². The molecule has 7 fully saturated rings. The smallest absolute Gasteiger partial charge is 0.312 e. The molecule has 4 saturated carbocycles. The molecule has 9 N–H and O–H groups in total. The van der Waals surface area contributed by atoms with E-state index in [4.69, 9.17) is 28.4 Å². The molecule has 8 unspecified atom stereocenters. The zero-order valence-electron chi connectivity index (χ0n) is 37.5. The zero-order valence-corrected chi connectivity index (χ0v) is 37.5. The molecule has 0 spiro atoms. The molecule has 0 bridgehead atoms. The van der Waals surface area contributed by atoms with E-state index in [0.717, 1.165) is 19.1 Å². The zero-order chi connectivity index (χ0) is 45.8. The second kappa shape index (κ2) is 16.8. The fourth-order valence-electron chi connectivity index (χ4n) is 14.5. The first-order valence-electron chi connectivity index (χ1n) is 23.1. The van der Waals surface area contributed by atoms with Crippen LogP contribution in [0.1, 0.15) is 106 Å². The van der Waals surface area contributed by atoms with Crippen molar-refractivity contribution >= 4 is 12.3 Å². The van der Waals surface area contributed by atoms with Gasteiger partial charge in [-0.2, -0.15) is 0 Å². The van der Waals surface area contributed by atoms with Crippen LogP contribution in [0, 0.1) is 50.2 Å². The van der Waals surface area contributed by atoms with E-state index < -0.39 is 115 Å². The first-order chi connectivity index (χ1) is 29.5. The molecule has 5 aliphatic carbocycles. The Morgan fingerprint density at radius 1 is 0.762 bits per heavy atom. The van der Waals surface area contributed by atoms with E-state index in [1.165, 1.54) is 5.57 Å². The van der Waals surface area contributed by atoms with E-state index >= 15 is 0 Å². The maximum atomic E-state index is 13.7. The van der Waals surface area contributed by atoms with Gasteiger partial charge in [0.15, 0.2) is 18.9 Å². The topological polar surface area (TPSA) is 272 Å². The third-order valence-corrected chi connectivity index (χ3v) is 18.4. The van der Waals surface area contributed by atoms with Gasteiger partial charge in [-0.3, -0.25) is 4.79 Å². The van der Waals surface area contributed by atoms with Gasteiger partial charge in [-0.25, -0.2) is 0 Å². The lowest BCUT2D eigenvalue weighted by molar-refractivity contribution is -0.378. The number of hydrogen-bond acceptors (Lipinski definition) is 16. The molecule has 63 heavy (non-hydrogen) atoms. The predicted octanol–water partition coefficient (Wildman–Crippen LogP) is 1.16. The normalized spacial score (nSPS) is 54.4. The number of carbonyl (C=O) groups is 2. The summed E-state index contributed by atoms with van der Waals surface area (Å²) in [6.45, 7) is 11.8. The summed E-state index contributed by atoms with van der Waals surface area (Å²) in [5.41, 5.74) is -2.39. The van der Waals surface area contributed by atoms with Gasteiger partial charge in [0.2, 0.25) is 0 Å². The van der Waals surface area contributed by atoms with Crippen LogP contribution < -0.4 is 0 Å². The second-order valence-corrected chi connectivity index (χ2v) is 22.2. The summed E-state index contributed by atoms with van der Waals surface area (Å²) in [6.07, 6.45) is -10.4. The van der Waals surface area contributed by atoms with E-state index in [1.54, 1.807) is 0 Å². The van der Waals surface area contributed by atoms with Crippen LogP contribution in [0.3, 0.4) is 0 Å². The van der Waals surface area contributed by atoms with Crippen molar-refractivity contribution in [3.8, 4) is 0 Å². The van der Waals surface area contributed by atoms with Crippen LogP contribution in [0.2, 0.25) is 0 Å². The second-order valence-electron chi connectivity index (χ2n) is 22.2. The van der Waals surface area contributed by atoms with Crippen molar-refractivity contribution < 1.29 is 84.0 Å². The molecule has 3 heterocycles. The van der Waals surface area contributed by atoms with E-state index in [9.17, 15) is 55.5 Å². The minimum absolute atomic E-state index is 0.0746. The predicted molar refractivity (Wildman–Crippen MR) is 219 cm³/mol. The molecule has 0 radical (unpaired) electrons. The molecule has 17 nitrogen and oxygen atoms in total. The molecule has 358 valence electrons. The van der Waals surface area contributed by atoms with Crippen LogP contribution in [-0.2, 0) is 38.0 Å². The van der Waals surface area contributed by atoms with Gasteiger partial charge in [-0.05, 0) is 97.2 Å². The van der Waals surface area contributed by atoms with E-state index in [2.05, 4.69) is 40.7 Å². The summed E-state index contributed by atoms with van der Waals surface area (Å²) in [5.74, 6) is -1.30. The summed E-state index contributed by atoms with van der Waals surface area (Å²) in [4.78, 5) is 26.9. The third-order valence-electron chi connectivity index (χ3n) is 18.4. The number of aliphatic carboxylic acids is 1. The fourth-order valence-corrected chi connectivity index (χ4v) is 14.5. The molecular formula is C46H72O17. The lowest BCUT2D eigenvalue weighted by Crippen LogP contribution is -2.68. The Labute approximate surface area is 369 Å². The number of carboxylic acid groups (broad SMARTS) is 1.